The van der Waals surface area contributed by atoms with Gasteiger partial charge in [0.2, 0.25) is 11.8 Å². The SMILES string of the molecule is COc1ccc(CC(NC(=O)OC(C)(C)C)C(=O)N2CCCC2C(=O)NCc2ccc3c(N)nccc3c2)cc1. The number of likely N-dealkylation sites (tertiary alicyclic amines) is 1. The van der Waals surface area contributed by atoms with E-state index in [4.69, 9.17) is 15.2 Å². The number of nitrogens with two attached hydrogens (primary N) is 1. The minimum absolute atomic E-state index is 0.236. The molecule has 1 aliphatic rings. The van der Waals surface area contributed by atoms with Crippen LogP contribution in [0.25, 0.3) is 10.8 Å². The molecule has 10 nitrogen and oxygen atoms in total. The molecular formula is C30H37N5O5. The fourth-order valence-corrected chi connectivity index (χ4v) is 4.82. The summed E-state index contributed by atoms with van der Waals surface area (Å²) < 4.78 is 10.6. The fourth-order valence-electron chi connectivity index (χ4n) is 4.82. The van der Waals surface area contributed by atoms with Crippen LogP contribution in [0, 0.1) is 0 Å². The van der Waals surface area contributed by atoms with Crippen molar-refractivity contribution < 1.29 is 23.9 Å². The van der Waals surface area contributed by atoms with Crippen molar-refractivity contribution in [2.24, 2.45) is 0 Å². The number of hydrogen-bond donors (Lipinski definition) is 3. The van der Waals surface area contributed by atoms with Crippen molar-refractivity contribution in [3.8, 4) is 5.75 Å². The normalized spacial score (nSPS) is 15.9. The minimum atomic E-state index is -0.906. The molecule has 1 aromatic heterocycles. The highest BCUT2D eigenvalue weighted by Crippen LogP contribution is 2.22. The summed E-state index contributed by atoms with van der Waals surface area (Å²) in [4.78, 5) is 45.3. The van der Waals surface area contributed by atoms with E-state index in [2.05, 4.69) is 15.6 Å². The van der Waals surface area contributed by atoms with Gasteiger partial charge in [0, 0.05) is 31.1 Å². The molecule has 0 bridgehead atoms. The number of anilines is 1. The van der Waals surface area contributed by atoms with Gasteiger partial charge in [-0.1, -0.05) is 24.3 Å². The molecule has 0 saturated carbocycles. The summed E-state index contributed by atoms with van der Waals surface area (Å²) in [5.74, 6) is 0.584. The first kappa shape index (κ1) is 28.7. The van der Waals surface area contributed by atoms with E-state index in [1.165, 1.54) is 0 Å². The van der Waals surface area contributed by atoms with Gasteiger partial charge in [0.1, 0.15) is 29.3 Å². The molecule has 4 N–H and O–H groups in total. The number of rotatable bonds is 8. The Morgan fingerprint density at radius 3 is 2.52 bits per heavy atom. The van der Waals surface area contributed by atoms with E-state index >= 15 is 0 Å². The number of nitrogen functional groups attached to an aromatic ring is 1. The molecule has 40 heavy (non-hydrogen) atoms. The first-order valence-corrected chi connectivity index (χ1v) is 13.4. The van der Waals surface area contributed by atoms with Crippen LogP contribution in [-0.4, -0.2) is 59.1 Å². The summed E-state index contributed by atoms with van der Waals surface area (Å²) in [5.41, 5.74) is 6.96. The zero-order valence-corrected chi connectivity index (χ0v) is 23.4. The molecule has 2 aromatic carbocycles. The Morgan fingerprint density at radius 2 is 1.82 bits per heavy atom. The number of fused-ring (bicyclic) bond motifs is 1. The third-order valence-electron chi connectivity index (χ3n) is 6.75. The zero-order valence-electron chi connectivity index (χ0n) is 23.4. The first-order chi connectivity index (χ1) is 19.0. The third kappa shape index (κ3) is 7.19. The Bertz CT molecular complexity index is 1370. The third-order valence-corrected chi connectivity index (χ3v) is 6.75. The topological polar surface area (TPSA) is 136 Å². The molecule has 2 unspecified atom stereocenters. The largest absolute Gasteiger partial charge is 0.497 e. The highest BCUT2D eigenvalue weighted by Gasteiger charge is 2.38. The van der Waals surface area contributed by atoms with Crippen LogP contribution in [0.1, 0.15) is 44.7 Å². The van der Waals surface area contributed by atoms with Crippen LogP contribution < -0.4 is 21.1 Å². The van der Waals surface area contributed by atoms with E-state index in [1.807, 2.05) is 36.4 Å². The van der Waals surface area contributed by atoms with Crippen molar-refractivity contribution in [1.29, 1.82) is 0 Å². The van der Waals surface area contributed by atoms with Gasteiger partial charge in [0.05, 0.1) is 7.11 Å². The standard InChI is InChI=1S/C30H37N5O5/c1-30(2,3)40-29(38)34-24(17-19-7-10-22(39-4)11-8-19)28(37)35-15-5-6-25(35)27(36)33-18-20-9-12-23-21(16-20)13-14-32-26(23)31/h7-14,16,24-25H,5-6,15,17-18H2,1-4H3,(H2,31,32)(H,33,36)(H,34,38). The zero-order chi connectivity index (χ0) is 28.9. The number of aromatic nitrogens is 1. The molecule has 3 aromatic rings. The lowest BCUT2D eigenvalue weighted by Crippen LogP contribution is -2.54. The maximum atomic E-state index is 13.8. The van der Waals surface area contributed by atoms with Crippen LogP contribution in [0.4, 0.5) is 10.6 Å². The maximum absolute atomic E-state index is 13.8. The molecule has 0 spiro atoms. The summed E-state index contributed by atoms with van der Waals surface area (Å²) in [6, 6.07) is 13.4. The number of amides is 3. The van der Waals surface area contributed by atoms with Crippen LogP contribution in [0.15, 0.2) is 54.7 Å². The minimum Gasteiger partial charge on any atom is -0.497 e. The van der Waals surface area contributed by atoms with E-state index in [0.717, 1.165) is 21.9 Å². The van der Waals surface area contributed by atoms with E-state index in [0.29, 0.717) is 37.5 Å². The van der Waals surface area contributed by atoms with E-state index < -0.39 is 23.8 Å². The molecule has 2 atom stereocenters. The lowest BCUT2D eigenvalue weighted by molar-refractivity contribution is -0.140. The van der Waals surface area contributed by atoms with Gasteiger partial charge in [-0.15, -0.1) is 0 Å². The van der Waals surface area contributed by atoms with Crippen molar-refractivity contribution in [1.82, 2.24) is 20.5 Å². The lowest BCUT2D eigenvalue weighted by Gasteiger charge is -2.29. The molecular weight excluding hydrogens is 510 g/mol. The van der Waals surface area contributed by atoms with Gasteiger partial charge in [0.15, 0.2) is 0 Å². The van der Waals surface area contributed by atoms with Crippen LogP contribution in [0.3, 0.4) is 0 Å². The lowest BCUT2D eigenvalue weighted by atomic mass is 10.0. The number of benzene rings is 2. The Hall–Kier alpha value is -4.34. The van der Waals surface area contributed by atoms with Crippen molar-refractivity contribution in [3.05, 3.63) is 65.9 Å². The van der Waals surface area contributed by atoms with Crippen molar-refractivity contribution in [2.45, 2.75) is 64.3 Å². The molecule has 0 aliphatic carbocycles. The van der Waals surface area contributed by atoms with Gasteiger partial charge in [-0.2, -0.15) is 0 Å². The monoisotopic (exact) mass is 547 g/mol. The average Bonchev–Trinajstić information content (AvgIpc) is 3.40. The smallest absolute Gasteiger partial charge is 0.408 e. The number of ether oxygens (including phenoxy) is 2. The summed E-state index contributed by atoms with van der Waals surface area (Å²) >= 11 is 0. The predicted octanol–water partition coefficient (Wildman–Crippen LogP) is 3.57. The van der Waals surface area contributed by atoms with Gasteiger partial charge in [-0.05, 0) is 74.4 Å². The highest BCUT2D eigenvalue weighted by molar-refractivity contribution is 5.93. The number of hydrogen-bond acceptors (Lipinski definition) is 7. The molecule has 0 radical (unpaired) electrons. The van der Waals surface area contributed by atoms with E-state index in [9.17, 15) is 14.4 Å². The van der Waals surface area contributed by atoms with Crippen LogP contribution in [0.5, 0.6) is 5.75 Å². The molecule has 1 aliphatic heterocycles. The average molecular weight is 548 g/mol. The van der Waals surface area contributed by atoms with Crippen molar-refractivity contribution in [2.75, 3.05) is 19.4 Å². The Balaban J connectivity index is 1.46. The van der Waals surface area contributed by atoms with Gasteiger partial charge in [-0.3, -0.25) is 9.59 Å². The van der Waals surface area contributed by atoms with Crippen LogP contribution >= 0.6 is 0 Å². The number of nitrogens with zero attached hydrogens (tertiary/aromatic N) is 2. The van der Waals surface area contributed by atoms with Crippen LogP contribution in [0.2, 0.25) is 0 Å². The molecule has 2 heterocycles. The number of alkyl carbamates (subject to hydrolysis) is 1. The fraction of sp³-hybridized carbons (Fsp3) is 0.400. The molecule has 1 fully saturated rings. The Labute approximate surface area is 234 Å². The summed E-state index contributed by atoms with van der Waals surface area (Å²) in [6.45, 7) is 6.01. The van der Waals surface area contributed by atoms with Gasteiger partial charge >= 0.3 is 6.09 Å². The molecule has 3 amide bonds. The number of pyridine rings is 1. The van der Waals surface area contributed by atoms with E-state index in [-0.39, 0.29) is 18.2 Å². The Kier molecular flexibility index (Phi) is 8.77. The quantitative estimate of drug-likeness (QED) is 0.392. The van der Waals surface area contributed by atoms with Gasteiger partial charge in [-0.25, -0.2) is 9.78 Å². The first-order valence-electron chi connectivity index (χ1n) is 13.4. The Morgan fingerprint density at radius 1 is 1.10 bits per heavy atom. The molecule has 1 saturated heterocycles. The van der Waals surface area contributed by atoms with Crippen LogP contribution in [-0.2, 0) is 27.3 Å². The second kappa shape index (κ2) is 12.2. The van der Waals surface area contributed by atoms with Crippen molar-refractivity contribution >= 4 is 34.5 Å². The van der Waals surface area contributed by atoms with Gasteiger partial charge in [0.25, 0.3) is 0 Å². The van der Waals surface area contributed by atoms with Gasteiger partial charge < -0.3 is 30.7 Å². The number of carbonyl (C=O) groups excluding carboxylic acids is 3. The maximum Gasteiger partial charge on any atom is 0.408 e. The summed E-state index contributed by atoms with van der Waals surface area (Å²) in [6.07, 6.45) is 2.43. The second-order valence-electron chi connectivity index (χ2n) is 10.9. The molecule has 4 rings (SSSR count). The number of carbonyl (C=O) groups is 3. The van der Waals surface area contributed by atoms with E-state index in [1.54, 1.807) is 51.1 Å². The summed E-state index contributed by atoms with van der Waals surface area (Å²) in [7, 11) is 1.58. The predicted molar refractivity (Wildman–Crippen MR) is 153 cm³/mol. The number of nitrogens with one attached hydrogen (secondary N) is 2. The highest BCUT2D eigenvalue weighted by atomic mass is 16.6. The molecule has 10 heteroatoms. The molecule has 212 valence electrons. The number of methoxy groups -OCH3 is 1. The summed E-state index contributed by atoms with van der Waals surface area (Å²) in [5, 5.41) is 7.50. The second-order valence-corrected chi connectivity index (χ2v) is 10.9. The van der Waals surface area contributed by atoms with Crippen molar-refractivity contribution in [3.63, 3.8) is 0 Å².